The lowest BCUT2D eigenvalue weighted by atomic mass is 9.82. The van der Waals surface area contributed by atoms with Crippen molar-refractivity contribution in [3.63, 3.8) is 0 Å². The summed E-state index contributed by atoms with van der Waals surface area (Å²) in [4.78, 5) is 18.0. The molecule has 0 atom stereocenters. The Morgan fingerprint density at radius 2 is 1.89 bits per heavy atom. The number of ether oxygens (including phenoxy) is 1. The van der Waals surface area contributed by atoms with Crippen molar-refractivity contribution in [1.82, 2.24) is 10.3 Å². The van der Waals surface area contributed by atoms with Crippen LogP contribution in [0, 0.1) is 13.8 Å². The zero-order chi connectivity index (χ0) is 19.7. The summed E-state index contributed by atoms with van der Waals surface area (Å²) >= 11 is 3.56. The van der Waals surface area contributed by atoms with E-state index in [-0.39, 0.29) is 5.91 Å². The van der Waals surface area contributed by atoms with E-state index in [1.807, 2.05) is 50.2 Å². The number of benzene rings is 2. The van der Waals surface area contributed by atoms with Crippen molar-refractivity contribution in [3.05, 3.63) is 75.4 Å². The molecule has 2 aromatic carbocycles. The number of aryl methyl sites for hydroxylation is 2. The van der Waals surface area contributed by atoms with Gasteiger partial charge in [-0.05, 0) is 62.6 Å². The zero-order valence-corrected chi connectivity index (χ0v) is 17.7. The summed E-state index contributed by atoms with van der Waals surface area (Å²) in [6.07, 6.45) is 1.49. The summed E-state index contributed by atoms with van der Waals surface area (Å²) in [5.74, 6) is -0.0667. The fraction of sp³-hybridized carbons (Fsp3) is 0.304. The van der Waals surface area contributed by atoms with Gasteiger partial charge in [0.1, 0.15) is 0 Å². The number of aromatic nitrogens is 1. The lowest BCUT2D eigenvalue weighted by molar-refractivity contribution is 0.0345. The van der Waals surface area contributed by atoms with Crippen LogP contribution in [0.15, 0.2) is 53.0 Å². The first-order valence-corrected chi connectivity index (χ1v) is 10.3. The monoisotopic (exact) mass is 438 g/mol. The van der Waals surface area contributed by atoms with Crippen molar-refractivity contribution in [1.29, 1.82) is 0 Å². The number of fused-ring (bicyclic) bond motifs is 1. The lowest BCUT2D eigenvalue weighted by Gasteiger charge is -2.38. The normalized spacial score (nSPS) is 16.1. The van der Waals surface area contributed by atoms with Gasteiger partial charge in [-0.2, -0.15) is 0 Å². The highest BCUT2D eigenvalue weighted by Gasteiger charge is 2.36. The molecular weight excluding hydrogens is 416 g/mol. The van der Waals surface area contributed by atoms with Crippen LogP contribution >= 0.6 is 15.9 Å². The zero-order valence-electron chi connectivity index (χ0n) is 16.1. The predicted molar refractivity (Wildman–Crippen MR) is 115 cm³/mol. The van der Waals surface area contributed by atoms with E-state index >= 15 is 0 Å². The molecule has 5 heteroatoms. The molecule has 28 heavy (non-hydrogen) atoms. The van der Waals surface area contributed by atoms with Gasteiger partial charge < -0.3 is 10.1 Å². The average Bonchev–Trinajstić information content (AvgIpc) is 2.68. The molecule has 4 nitrogen and oxygen atoms in total. The Morgan fingerprint density at radius 1 is 1.11 bits per heavy atom. The number of hydrogen-bond donors (Lipinski definition) is 1. The van der Waals surface area contributed by atoms with E-state index in [0.717, 1.165) is 45.0 Å². The van der Waals surface area contributed by atoms with E-state index < -0.39 is 5.54 Å². The molecule has 144 valence electrons. The fourth-order valence-electron chi connectivity index (χ4n) is 3.94. The summed E-state index contributed by atoms with van der Waals surface area (Å²) in [6.45, 7) is 5.21. The smallest absolute Gasteiger partial charge is 0.252 e. The van der Waals surface area contributed by atoms with Gasteiger partial charge in [0.2, 0.25) is 0 Å². The highest BCUT2D eigenvalue weighted by molar-refractivity contribution is 9.10. The highest BCUT2D eigenvalue weighted by Crippen LogP contribution is 2.34. The number of carbonyl (C=O) groups is 1. The summed E-state index contributed by atoms with van der Waals surface area (Å²) in [5, 5.41) is 4.25. The third-order valence-electron chi connectivity index (χ3n) is 5.41. The first-order valence-electron chi connectivity index (χ1n) is 9.51. The highest BCUT2D eigenvalue weighted by atomic mass is 79.9. The number of nitrogens with one attached hydrogen (secondary N) is 1. The maximum Gasteiger partial charge on any atom is 0.252 e. The molecule has 0 aliphatic carbocycles. The minimum atomic E-state index is -0.438. The van der Waals surface area contributed by atoms with Gasteiger partial charge >= 0.3 is 0 Å². The molecule has 1 aromatic heterocycles. The van der Waals surface area contributed by atoms with Crippen molar-refractivity contribution in [3.8, 4) is 0 Å². The number of rotatable bonds is 3. The predicted octanol–water partition coefficient (Wildman–Crippen LogP) is 5.05. The quantitative estimate of drug-likeness (QED) is 0.622. The van der Waals surface area contributed by atoms with Crippen LogP contribution in [0.25, 0.3) is 10.9 Å². The number of pyridine rings is 1. The van der Waals surface area contributed by atoms with Crippen molar-refractivity contribution in [2.45, 2.75) is 32.2 Å². The molecule has 0 spiro atoms. The van der Waals surface area contributed by atoms with Crippen LogP contribution in [0.3, 0.4) is 0 Å². The van der Waals surface area contributed by atoms with Crippen molar-refractivity contribution < 1.29 is 9.53 Å². The first kappa shape index (κ1) is 19.1. The Morgan fingerprint density at radius 3 is 2.64 bits per heavy atom. The van der Waals surface area contributed by atoms with E-state index in [2.05, 4.69) is 38.4 Å². The van der Waals surface area contributed by atoms with Crippen molar-refractivity contribution in [2.24, 2.45) is 0 Å². The van der Waals surface area contributed by atoms with Gasteiger partial charge in [0.05, 0.1) is 16.6 Å². The Balaban J connectivity index is 1.77. The molecule has 2 heterocycles. The van der Waals surface area contributed by atoms with Gasteiger partial charge in [0.25, 0.3) is 5.91 Å². The van der Waals surface area contributed by atoms with Crippen LogP contribution in [-0.4, -0.2) is 24.1 Å². The second kappa shape index (κ2) is 7.64. The van der Waals surface area contributed by atoms with Crippen LogP contribution in [-0.2, 0) is 10.3 Å². The summed E-state index contributed by atoms with van der Waals surface area (Å²) in [7, 11) is 0. The van der Waals surface area contributed by atoms with E-state index in [9.17, 15) is 4.79 Å². The molecule has 1 saturated heterocycles. The lowest BCUT2D eigenvalue weighted by Crippen LogP contribution is -2.49. The van der Waals surface area contributed by atoms with E-state index in [0.29, 0.717) is 18.8 Å². The minimum Gasteiger partial charge on any atom is -0.381 e. The van der Waals surface area contributed by atoms with Gasteiger partial charge in [0, 0.05) is 28.8 Å². The maximum absolute atomic E-state index is 13.5. The minimum absolute atomic E-state index is 0.0667. The maximum atomic E-state index is 13.5. The van der Waals surface area contributed by atoms with Crippen LogP contribution in [0.1, 0.15) is 40.0 Å². The topological polar surface area (TPSA) is 51.2 Å². The second-order valence-corrected chi connectivity index (χ2v) is 8.41. The summed E-state index contributed by atoms with van der Waals surface area (Å²) in [6, 6.07) is 16.1. The standard InChI is InChI=1S/C23H23BrN2O2/c1-15-6-7-21-19(12-15)20(13-16(2)25-21)22(27)26-23(8-10-28-11-9-23)17-4-3-5-18(24)14-17/h3-7,12-14H,8-11H2,1-2H3,(H,26,27). The molecule has 1 N–H and O–H groups in total. The largest absolute Gasteiger partial charge is 0.381 e. The van der Waals surface area contributed by atoms with E-state index in [1.54, 1.807) is 0 Å². The molecule has 1 aliphatic heterocycles. The van der Waals surface area contributed by atoms with Gasteiger partial charge in [-0.1, -0.05) is 39.7 Å². The Labute approximate surface area is 173 Å². The van der Waals surface area contributed by atoms with Crippen LogP contribution in [0.4, 0.5) is 0 Å². The Bertz CT molecular complexity index is 1040. The Kier molecular flexibility index (Phi) is 5.21. The number of carbonyl (C=O) groups excluding carboxylic acids is 1. The first-order chi connectivity index (χ1) is 13.5. The summed E-state index contributed by atoms with van der Waals surface area (Å²) < 4.78 is 6.60. The number of hydrogen-bond acceptors (Lipinski definition) is 3. The average molecular weight is 439 g/mol. The molecule has 1 amide bonds. The third kappa shape index (κ3) is 3.69. The van der Waals surface area contributed by atoms with Crippen molar-refractivity contribution in [2.75, 3.05) is 13.2 Å². The van der Waals surface area contributed by atoms with Crippen LogP contribution in [0.5, 0.6) is 0 Å². The molecule has 0 bridgehead atoms. The second-order valence-electron chi connectivity index (χ2n) is 7.49. The van der Waals surface area contributed by atoms with Gasteiger partial charge in [-0.3, -0.25) is 9.78 Å². The SMILES string of the molecule is Cc1ccc2nc(C)cc(C(=O)NC3(c4cccc(Br)c4)CCOCC3)c2c1. The van der Waals surface area contributed by atoms with Gasteiger partial charge in [-0.25, -0.2) is 0 Å². The molecule has 3 aromatic rings. The van der Waals surface area contributed by atoms with Crippen molar-refractivity contribution >= 4 is 32.7 Å². The molecule has 1 fully saturated rings. The molecule has 0 unspecified atom stereocenters. The molecule has 4 rings (SSSR count). The van der Waals surface area contributed by atoms with E-state index in [4.69, 9.17) is 4.74 Å². The number of halogens is 1. The van der Waals surface area contributed by atoms with Gasteiger partial charge in [0.15, 0.2) is 0 Å². The van der Waals surface area contributed by atoms with Gasteiger partial charge in [-0.15, -0.1) is 0 Å². The molecule has 1 aliphatic rings. The third-order valence-corrected chi connectivity index (χ3v) is 5.91. The number of nitrogens with zero attached hydrogens (tertiary/aromatic N) is 1. The fourth-order valence-corrected chi connectivity index (χ4v) is 4.34. The van der Waals surface area contributed by atoms with Crippen LogP contribution in [0.2, 0.25) is 0 Å². The molecule has 0 radical (unpaired) electrons. The molecule has 0 saturated carbocycles. The Hall–Kier alpha value is -2.24. The van der Waals surface area contributed by atoms with E-state index in [1.165, 1.54) is 0 Å². The molecular formula is C23H23BrN2O2. The summed E-state index contributed by atoms with van der Waals surface area (Å²) in [5.41, 5.74) is 4.13. The van der Waals surface area contributed by atoms with Crippen LogP contribution < -0.4 is 5.32 Å². The number of amides is 1.